The van der Waals surface area contributed by atoms with Crippen molar-refractivity contribution in [3.8, 4) is 0 Å². The molecule has 1 unspecified atom stereocenters. The van der Waals surface area contributed by atoms with Crippen LogP contribution in [0.5, 0.6) is 0 Å². The summed E-state index contributed by atoms with van der Waals surface area (Å²) in [5.74, 6) is 3.27. The highest BCUT2D eigenvalue weighted by Crippen LogP contribution is 2.03. The summed E-state index contributed by atoms with van der Waals surface area (Å²) in [6.45, 7) is -0.882. The summed E-state index contributed by atoms with van der Waals surface area (Å²) in [5.41, 5.74) is 7.44. The Balaban J connectivity index is 1.67. The summed E-state index contributed by atoms with van der Waals surface area (Å²) < 4.78 is 4.97. The minimum absolute atomic E-state index is 0.0558. The fraction of sp³-hybridized carbons (Fsp3) is 0.238. The van der Waals surface area contributed by atoms with Crippen LogP contribution in [0.3, 0.4) is 0 Å². The van der Waals surface area contributed by atoms with Gasteiger partial charge in [-0.3, -0.25) is 14.4 Å². The minimum Gasteiger partial charge on any atom is -0.445 e. The first-order valence-electron chi connectivity index (χ1n) is 9.49. The Morgan fingerprint density at radius 3 is 2.06 bits per heavy atom. The van der Waals surface area contributed by atoms with E-state index in [0.717, 1.165) is 11.1 Å². The van der Waals surface area contributed by atoms with Crippen LogP contribution in [0.1, 0.15) is 11.1 Å². The Kier molecular flexibility index (Phi) is 9.14. The summed E-state index contributed by atoms with van der Waals surface area (Å²) >= 11 is 0. The maximum Gasteiger partial charge on any atom is 0.407 e. The number of hydrogen-bond donors (Lipinski definition) is 4. The van der Waals surface area contributed by atoms with Gasteiger partial charge in [0.05, 0.1) is 12.6 Å². The van der Waals surface area contributed by atoms with Gasteiger partial charge in [0.15, 0.2) is 0 Å². The lowest BCUT2D eigenvalue weighted by Gasteiger charge is -2.19. The Bertz CT molecular complexity index is 892. The van der Waals surface area contributed by atoms with Crippen LogP contribution < -0.4 is 22.2 Å². The van der Waals surface area contributed by atoms with Crippen molar-refractivity contribution in [3.05, 3.63) is 71.8 Å². The van der Waals surface area contributed by atoms with Gasteiger partial charge in [0.2, 0.25) is 5.91 Å². The van der Waals surface area contributed by atoms with Crippen molar-refractivity contribution in [2.75, 3.05) is 13.1 Å². The third-order valence-electron chi connectivity index (χ3n) is 4.16. The second-order valence-electron chi connectivity index (χ2n) is 6.59. The third-order valence-corrected chi connectivity index (χ3v) is 4.16. The normalized spacial score (nSPS) is 11.2. The van der Waals surface area contributed by atoms with Crippen LogP contribution in [-0.2, 0) is 32.1 Å². The van der Waals surface area contributed by atoms with E-state index >= 15 is 0 Å². The van der Waals surface area contributed by atoms with Gasteiger partial charge >= 0.3 is 6.09 Å². The van der Waals surface area contributed by atoms with E-state index < -0.39 is 42.9 Å². The van der Waals surface area contributed by atoms with E-state index in [1.54, 1.807) is 48.5 Å². The number of ether oxygens (including phenoxy) is 1. The highest BCUT2D eigenvalue weighted by Gasteiger charge is 2.24. The summed E-state index contributed by atoms with van der Waals surface area (Å²) in [7, 11) is 0. The van der Waals surface area contributed by atoms with Crippen molar-refractivity contribution in [2.45, 2.75) is 19.1 Å². The molecule has 164 valence electrons. The van der Waals surface area contributed by atoms with Gasteiger partial charge in [-0.05, 0) is 17.5 Å². The van der Waals surface area contributed by atoms with Gasteiger partial charge in [-0.1, -0.05) is 60.7 Å². The highest BCUT2D eigenvalue weighted by molar-refractivity contribution is 5.99. The maximum absolute atomic E-state index is 12.2. The lowest BCUT2D eigenvalue weighted by Crippen LogP contribution is -2.54. The molecule has 0 bridgehead atoms. The maximum atomic E-state index is 12.2. The van der Waals surface area contributed by atoms with E-state index in [9.17, 15) is 19.2 Å². The molecule has 0 saturated heterocycles. The molecule has 0 aliphatic heterocycles. The molecule has 0 aliphatic rings. The van der Waals surface area contributed by atoms with Crippen LogP contribution in [0.25, 0.3) is 0 Å². The number of amides is 4. The number of nitrogens with one attached hydrogen (secondary N) is 2. The largest absolute Gasteiger partial charge is 0.445 e. The molecular weight excluding hydrogens is 402 g/mol. The number of carbonyl (C=O) groups is 4. The average Bonchev–Trinajstić information content (AvgIpc) is 2.80. The lowest BCUT2D eigenvalue weighted by atomic mass is 10.1. The van der Waals surface area contributed by atoms with Crippen molar-refractivity contribution in [3.63, 3.8) is 0 Å². The summed E-state index contributed by atoms with van der Waals surface area (Å²) in [5, 5.41) is 4.90. The minimum atomic E-state index is -1.01. The van der Waals surface area contributed by atoms with Crippen LogP contribution in [0.4, 0.5) is 4.79 Å². The number of carbonyl (C=O) groups excluding carboxylic acids is 4. The van der Waals surface area contributed by atoms with Gasteiger partial charge in [0, 0.05) is 0 Å². The molecule has 1 atom stereocenters. The van der Waals surface area contributed by atoms with E-state index in [1.165, 1.54) is 0 Å². The van der Waals surface area contributed by atoms with Crippen LogP contribution in [-0.4, -0.2) is 48.0 Å². The van der Waals surface area contributed by atoms with Crippen molar-refractivity contribution in [1.82, 2.24) is 15.6 Å². The first kappa shape index (κ1) is 23.5. The lowest BCUT2D eigenvalue weighted by molar-refractivity contribution is -0.146. The Morgan fingerprint density at radius 2 is 1.45 bits per heavy atom. The molecule has 2 rings (SSSR count). The van der Waals surface area contributed by atoms with E-state index in [-0.39, 0.29) is 13.0 Å². The number of alkyl carbamates (subject to hydrolysis) is 1. The molecule has 10 heteroatoms. The average molecular weight is 427 g/mol. The molecule has 10 nitrogen and oxygen atoms in total. The zero-order valence-electron chi connectivity index (χ0n) is 16.8. The van der Waals surface area contributed by atoms with Crippen molar-refractivity contribution < 1.29 is 23.9 Å². The molecule has 2 aromatic rings. The summed E-state index contributed by atoms with van der Waals surface area (Å²) in [6, 6.07) is 17.1. The Morgan fingerprint density at radius 1 is 0.871 bits per heavy atom. The van der Waals surface area contributed by atoms with E-state index in [2.05, 4.69) is 10.6 Å². The second-order valence-corrected chi connectivity index (χ2v) is 6.59. The molecule has 0 aliphatic carbocycles. The van der Waals surface area contributed by atoms with Crippen molar-refractivity contribution in [1.29, 1.82) is 0 Å². The van der Waals surface area contributed by atoms with Crippen molar-refractivity contribution >= 4 is 23.8 Å². The van der Waals surface area contributed by atoms with Gasteiger partial charge in [-0.25, -0.2) is 15.6 Å². The van der Waals surface area contributed by atoms with Gasteiger partial charge < -0.3 is 21.1 Å². The highest BCUT2D eigenvalue weighted by atomic mass is 16.5. The topological polar surface area (TPSA) is 157 Å². The Hall–Kier alpha value is -3.76. The smallest absolute Gasteiger partial charge is 0.407 e. The number of nitrogens with two attached hydrogens (primary N) is 2. The van der Waals surface area contributed by atoms with Crippen LogP contribution in [0, 0.1) is 0 Å². The molecule has 6 N–H and O–H groups in total. The van der Waals surface area contributed by atoms with E-state index in [1.807, 2.05) is 12.1 Å². The number of hydrazine groups is 1. The molecule has 4 amide bonds. The number of nitrogens with zero attached hydrogens (tertiary/aromatic N) is 1. The van der Waals surface area contributed by atoms with Crippen LogP contribution in [0.2, 0.25) is 0 Å². The molecule has 31 heavy (non-hydrogen) atoms. The van der Waals surface area contributed by atoms with Crippen molar-refractivity contribution in [2.24, 2.45) is 11.6 Å². The van der Waals surface area contributed by atoms with Gasteiger partial charge in [0.25, 0.3) is 11.8 Å². The van der Waals surface area contributed by atoms with Gasteiger partial charge in [-0.15, -0.1) is 0 Å². The monoisotopic (exact) mass is 427 g/mol. The first-order valence-corrected chi connectivity index (χ1v) is 9.49. The molecule has 0 fully saturated rings. The fourth-order valence-electron chi connectivity index (χ4n) is 2.51. The molecule has 0 saturated carbocycles. The second kappa shape index (κ2) is 12.1. The molecule has 0 heterocycles. The number of imide groups is 1. The Labute approximate surface area is 179 Å². The van der Waals surface area contributed by atoms with E-state index in [0.29, 0.717) is 5.01 Å². The van der Waals surface area contributed by atoms with Gasteiger partial charge in [0.1, 0.15) is 13.2 Å². The predicted molar refractivity (Wildman–Crippen MR) is 112 cm³/mol. The standard InChI is InChI=1S/C21H25N5O5/c22-17(11-15-7-3-1-4-8-15)20(29)26(23)19(28)13-24-18(27)12-25-21(30)31-14-16-9-5-2-6-10-16/h1-10,17H,11-14,22-23H2,(H,24,27)(H,25,30). The number of hydrogen-bond acceptors (Lipinski definition) is 7. The van der Waals surface area contributed by atoms with E-state index in [4.69, 9.17) is 16.3 Å². The summed E-state index contributed by atoms with van der Waals surface area (Å²) in [6.07, 6.45) is -0.574. The van der Waals surface area contributed by atoms with Gasteiger partial charge in [-0.2, -0.15) is 0 Å². The first-order chi connectivity index (χ1) is 14.9. The molecular formula is C21H25N5O5. The van der Waals surface area contributed by atoms with Crippen LogP contribution in [0.15, 0.2) is 60.7 Å². The SMILES string of the molecule is NC(Cc1ccccc1)C(=O)N(N)C(=O)CNC(=O)CNC(=O)OCc1ccccc1. The number of rotatable bonds is 9. The summed E-state index contributed by atoms with van der Waals surface area (Å²) in [4.78, 5) is 47.7. The molecule has 0 radical (unpaired) electrons. The zero-order chi connectivity index (χ0) is 22.6. The predicted octanol–water partition coefficient (Wildman–Crippen LogP) is -0.172. The molecule has 0 spiro atoms. The van der Waals surface area contributed by atoms with Crippen LogP contribution >= 0.6 is 0 Å². The molecule has 2 aromatic carbocycles. The third kappa shape index (κ3) is 8.25. The quantitative estimate of drug-likeness (QED) is 0.246. The fourth-order valence-corrected chi connectivity index (χ4v) is 2.51. The molecule has 0 aromatic heterocycles. The number of benzene rings is 2. The zero-order valence-corrected chi connectivity index (χ0v) is 16.8.